The topological polar surface area (TPSA) is 83.3 Å². The molecule has 0 aromatic carbocycles. The monoisotopic (exact) mass is 417 g/mol. The summed E-state index contributed by atoms with van der Waals surface area (Å²) in [5, 5.41) is 0. The fraction of sp³-hybridized carbons (Fsp3) is 0.682. The number of carbonyl (C=O) groups excluding carboxylic acids is 3. The second-order valence-corrected chi connectivity index (χ2v) is 9.53. The number of hydrogen-bond acceptors (Lipinski definition) is 5. The molecule has 3 aliphatic rings. The lowest BCUT2D eigenvalue weighted by molar-refractivity contribution is -0.143. The molecule has 0 unspecified atom stereocenters. The van der Waals surface area contributed by atoms with Gasteiger partial charge in [-0.1, -0.05) is 0 Å². The largest absolute Gasteiger partial charge is 0.469 e. The van der Waals surface area contributed by atoms with Crippen LogP contribution in [0.25, 0.3) is 0 Å². The molecular formula is C22H31N3O5. The van der Waals surface area contributed by atoms with Crippen molar-refractivity contribution in [2.24, 2.45) is 5.92 Å². The number of rotatable bonds is 3. The highest BCUT2D eigenvalue weighted by Gasteiger charge is 2.48. The van der Waals surface area contributed by atoms with Crippen LogP contribution in [0, 0.1) is 5.92 Å². The third-order valence-electron chi connectivity index (χ3n) is 6.07. The van der Waals surface area contributed by atoms with Crippen LogP contribution in [0.3, 0.4) is 0 Å². The Kier molecular flexibility index (Phi) is 5.51. The molecule has 1 aromatic rings. The third-order valence-corrected chi connectivity index (χ3v) is 6.07. The van der Waals surface area contributed by atoms with Crippen LogP contribution in [-0.4, -0.2) is 77.0 Å². The Morgan fingerprint density at radius 2 is 1.97 bits per heavy atom. The number of hydrogen-bond donors (Lipinski definition) is 0. The number of likely N-dealkylation sites (tertiary alicyclic amines) is 1. The van der Waals surface area contributed by atoms with Crippen molar-refractivity contribution in [3.8, 4) is 0 Å². The fourth-order valence-electron chi connectivity index (χ4n) is 4.48. The molecule has 1 aromatic heterocycles. The summed E-state index contributed by atoms with van der Waals surface area (Å²) in [7, 11) is 0. The molecule has 8 heteroatoms. The lowest BCUT2D eigenvalue weighted by Crippen LogP contribution is -2.59. The molecule has 0 bridgehead atoms. The molecule has 2 saturated heterocycles. The third kappa shape index (κ3) is 4.47. The zero-order valence-corrected chi connectivity index (χ0v) is 18.0. The van der Waals surface area contributed by atoms with Crippen molar-refractivity contribution in [1.29, 1.82) is 0 Å². The van der Waals surface area contributed by atoms with Gasteiger partial charge < -0.3 is 19.0 Å². The van der Waals surface area contributed by atoms with Crippen LogP contribution in [-0.2, 0) is 14.3 Å². The van der Waals surface area contributed by atoms with Crippen LogP contribution >= 0.6 is 0 Å². The van der Waals surface area contributed by atoms with Gasteiger partial charge in [0.15, 0.2) is 0 Å². The predicted molar refractivity (Wildman–Crippen MR) is 109 cm³/mol. The molecular weight excluding hydrogens is 386 g/mol. The van der Waals surface area contributed by atoms with Crippen LogP contribution in [0.4, 0.5) is 4.79 Å². The molecule has 3 amide bonds. The minimum atomic E-state index is -0.586. The molecule has 3 atom stereocenters. The molecule has 4 rings (SSSR count). The molecule has 30 heavy (non-hydrogen) atoms. The van der Waals surface area contributed by atoms with Crippen LogP contribution in [0.1, 0.15) is 51.7 Å². The molecule has 3 fully saturated rings. The Labute approximate surface area is 177 Å². The lowest BCUT2D eigenvalue weighted by Gasteiger charge is -2.43. The second kappa shape index (κ2) is 7.96. The van der Waals surface area contributed by atoms with Crippen LogP contribution in [0.2, 0.25) is 0 Å². The maximum Gasteiger partial charge on any atom is 0.410 e. The standard InChI is InChI=1S/C22H31N3O5/c1-22(2,3)30-21(28)24-9-10-25(19(26)14-24)15-6-4-8-23(13-15)20(27)17-12-16(17)18-7-5-11-29-18/h5,7,11,15-17H,4,6,8-10,12-14H2,1-3H3/t15-,16+,17-/m1/s1. The van der Waals surface area contributed by atoms with E-state index in [1.807, 2.05) is 42.7 Å². The van der Waals surface area contributed by atoms with E-state index in [1.54, 1.807) is 6.26 Å². The molecule has 8 nitrogen and oxygen atoms in total. The Hall–Kier alpha value is -2.51. The first-order valence-corrected chi connectivity index (χ1v) is 10.8. The fourth-order valence-corrected chi connectivity index (χ4v) is 4.48. The maximum atomic E-state index is 13.0. The number of piperazine rings is 1. The van der Waals surface area contributed by atoms with E-state index >= 15 is 0 Å². The Bertz CT molecular complexity index is 800. The molecule has 0 spiro atoms. The SMILES string of the molecule is CC(C)(C)OC(=O)N1CCN([C@@H]2CCCN(C(=O)[C@@H]3C[C@@H]3c3ccco3)C2)C(=O)C1. The lowest BCUT2D eigenvalue weighted by atomic mass is 10.0. The Morgan fingerprint density at radius 1 is 1.17 bits per heavy atom. The summed E-state index contributed by atoms with van der Waals surface area (Å²) in [6.07, 6.45) is 3.80. The first-order chi connectivity index (χ1) is 14.2. The highest BCUT2D eigenvalue weighted by molar-refractivity contribution is 5.85. The van der Waals surface area contributed by atoms with Crippen molar-refractivity contribution >= 4 is 17.9 Å². The first-order valence-electron chi connectivity index (χ1n) is 10.8. The van der Waals surface area contributed by atoms with Crippen molar-refractivity contribution in [1.82, 2.24) is 14.7 Å². The van der Waals surface area contributed by atoms with Gasteiger partial charge in [0.05, 0.1) is 6.26 Å². The summed E-state index contributed by atoms with van der Waals surface area (Å²) < 4.78 is 10.8. The van der Waals surface area contributed by atoms with Crippen LogP contribution in [0.15, 0.2) is 22.8 Å². The van der Waals surface area contributed by atoms with Gasteiger partial charge in [-0.3, -0.25) is 14.5 Å². The van der Waals surface area contributed by atoms with E-state index in [4.69, 9.17) is 9.15 Å². The average Bonchev–Trinajstić information content (AvgIpc) is 3.30. The molecule has 3 heterocycles. The van der Waals surface area contributed by atoms with E-state index in [9.17, 15) is 14.4 Å². The molecule has 0 radical (unpaired) electrons. The zero-order valence-electron chi connectivity index (χ0n) is 18.0. The Morgan fingerprint density at radius 3 is 2.63 bits per heavy atom. The normalized spacial score (nSPS) is 27.2. The summed E-state index contributed by atoms with van der Waals surface area (Å²) in [6, 6.07) is 3.80. The van der Waals surface area contributed by atoms with Gasteiger partial charge in [-0.2, -0.15) is 0 Å². The molecule has 2 aliphatic heterocycles. The van der Waals surface area contributed by atoms with Crippen molar-refractivity contribution in [3.63, 3.8) is 0 Å². The molecule has 1 aliphatic carbocycles. The van der Waals surface area contributed by atoms with Crippen LogP contribution < -0.4 is 0 Å². The zero-order chi connectivity index (χ0) is 21.5. The van der Waals surface area contributed by atoms with Gasteiger partial charge in [-0.15, -0.1) is 0 Å². The number of carbonyl (C=O) groups is 3. The molecule has 1 saturated carbocycles. The van der Waals surface area contributed by atoms with E-state index in [0.717, 1.165) is 31.6 Å². The van der Waals surface area contributed by atoms with Gasteiger partial charge in [-0.25, -0.2) is 4.79 Å². The van der Waals surface area contributed by atoms with Gasteiger partial charge in [0.1, 0.15) is 17.9 Å². The van der Waals surface area contributed by atoms with Gasteiger partial charge in [0.2, 0.25) is 11.8 Å². The second-order valence-electron chi connectivity index (χ2n) is 9.53. The van der Waals surface area contributed by atoms with Gasteiger partial charge in [0, 0.05) is 44.1 Å². The summed E-state index contributed by atoms with van der Waals surface area (Å²) in [5.41, 5.74) is -0.586. The van der Waals surface area contributed by atoms with Crippen molar-refractivity contribution in [2.75, 3.05) is 32.7 Å². The van der Waals surface area contributed by atoms with Crippen molar-refractivity contribution < 1.29 is 23.5 Å². The quantitative estimate of drug-likeness (QED) is 0.754. The average molecular weight is 418 g/mol. The smallest absolute Gasteiger partial charge is 0.410 e. The number of furan rings is 1. The van der Waals surface area contributed by atoms with Crippen molar-refractivity contribution in [3.05, 3.63) is 24.2 Å². The summed E-state index contributed by atoms with van der Waals surface area (Å²) in [5.74, 6) is 1.16. The number of amides is 3. The first kappa shape index (κ1) is 20.8. The minimum Gasteiger partial charge on any atom is -0.469 e. The summed E-state index contributed by atoms with van der Waals surface area (Å²) in [4.78, 5) is 43.2. The van der Waals surface area contributed by atoms with Gasteiger partial charge in [0.25, 0.3) is 0 Å². The molecule has 0 N–H and O–H groups in total. The van der Waals surface area contributed by atoms with E-state index in [1.165, 1.54) is 4.90 Å². The predicted octanol–water partition coefficient (Wildman–Crippen LogP) is 2.45. The number of ether oxygens (including phenoxy) is 1. The van der Waals surface area contributed by atoms with E-state index in [-0.39, 0.29) is 36.2 Å². The highest BCUT2D eigenvalue weighted by atomic mass is 16.6. The number of nitrogens with zero attached hydrogens (tertiary/aromatic N) is 3. The summed E-state index contributed by atoms with van der Waals surface area (Å²) >= 11 is 0. The van der Waals surface area contributed by atoms with E-state index in [2.05, 4.69) is 0 Å². The minimum absolute atomic E-state index is 0.00498. The van der Waals surface area contributed by atoms with Gasteiger partial charge in [-0.05, 0) is 52.2 Å². The maximum absolute atomic E-state index is 13.0. The van der Waals surface area contributed by atoms with E-state index < -0.39 is 11.7 Å². The molecule has 164 valence electrons. The highest BCUT2D eigenvalue weighted by Crippen LogP contribution is 2.48. The van der Waals surface area contributed by atoms with Crippen LogP contribution in [0.5, 0.6) is 0 Å². The number of piperidine rings is 1. The Balaban J connectivity index is 1.31. The van der Waals surface area contributed by atoms with Gasteiger partial charge >= 0.3 is 6.09 Å². The summed E-state index contributed by atoms with van der Waals surface area (Å²) in [6.45, 7) is 7.70. The van der Waals surface area contributed by atoms with Crippen molar-refractivity contribution in [2.45, 2.75) is 57.6 Å². The van der Waals surface area contributed by atoms with E-state index in [0.29, 0.717) is 19.6 Å².